The van der Waals surface area contributed by atoms with Gasteiger partial charge < -0.3 is 0 Å². The van der Waals surface area contributed by atoms with E-state index in [1.165, 1.54) is 75.8 Å². The van der Waals surface area contributed by atoms with E-state index in [4.69, 9.17) is 30.9 Å². The van der Waals surface area contributed by atoms with Crippen molar-refractivity contribution in [1.29, 1.82) is 0 Å². The summed E-state index contributed by atoms with van der Waals surface area (Å²) in [6.07, 6.45) is 17.5. The first-order valence-corrected chi connectivity index (χ1v) is 22.2. The Bertz CT molecular complexity index is 3160. The van der Waals surface area contributed by atoms with Crippen LogP contribution in [0.1, 0.15) is 79.6 Å². The average Bonchev–Trinajstić information content (AvgIpc) is 4.17. The third kappa shape index (κ3) is 5.32. The average molecular weight is 796 g/mol. The van der Waals surface area contributed by atoms with E-state index in [0.717, 1.165) is 94.3 Å². The third-order valence-corrected chi connectivity index (χ3v) is 14.8. The molecule has 3 heterocycles. The van der Waals surface area contributed by atoms with Gasteiger partial charge in [0, 0.05) is 12.7 Å². The van der Waals surface area contributed by atoms with Gasteiger partial charge in [-0.05, 0) is 121 Å². The molecule has 2 aliphatic rings. The van der Waals surface area contributed by atoms with Crippen molar-refractivity contribution in [1.82, 2.24) is 45.0 Å². The van der Waals surface area contributed by atoms with Gasteiger partial charge >= 0.3 is 0 Å². The van der Waals surface area contributed by atoms with Crippen LogP contribution in [0.15, 0.2) is 128 Å². The van der Waals surface area contributed by atoms with Crippen molar-refractivity contribution in [3.05, 3.63) is 156 Å². The number of aryl methyl sites for hydroxylation is 4. The van der Waals surface area contributed by atoms with Crippen LogP contribution >= 0.6 is 0 Å². The lowest BCUT2D eigenvalue weighted by atomic mass is 9.90. The number of hydrogen-bond acceptors (Lipinski definition) is 6. The first-order chi connectivity index (χ1) is 30.1. The Morgan fingerprint density at radius 1 is 0.410 bits per heavy atom. The zero-order valence-electron chi connectivity index (χ0n) is 34.1. The van der Waals surface area contributed by atoms with E-state index < -0.39 is 0 Å². The molecule has 3 aromatic heterocycles. The molecule has 2 aliphatic carbocycles. The molecule has 298 valence electrons. The van der Waals surface area contributed by atoms with Gasteiger partial charge in [0.1, 0.15) is 22.5 Å². The molecule has 13 rings (SSSR count). The molecule has 0 amide bonds. The SMILES string of the molecule is c1cc2ccc3ccc(CCc4cn(C5(c6cn(C7(c8cn(CCc9ccc%10ccc%11cccc%12ccc9c%10c%11%12)nn8)CCCC7)nn6)CCCC5)nn4)c4ccc(c1)c2c34. The summed E-state index contributed by atoms with van der Waals surface area (Å²) in [6.45, 7) is 0.754. The standard InChI is InChI=1S/C52H45N9/c1-2-27-51(26-1,45-32-59(56-54-45)30-25-35-12-14-41-18-16-37-8-6-10-39-21-24-44(35)50(41)48(37)39)61-33-46(55-58-61)52(28-3-4-29-52)60-31-42(53-57-60)22-19-34-11-13-40-17-15-36-7-5-9-38-20-23-43(34)49(40)47(36)38/h5-18,20-21,23-24,31-33H,1-4,19,22,25-30H2. The van der Waals surface area contributed by atoms with Crippen LogP contribution in [0.3, 0.4) is 0 Å². The molecule has 8 aromatic carbocycles. The molecule has 0 radical (unpaired) electrons. The van der Waals surface area contributed by atoms with E-state index in [0.29, 0.717) is 0 Å². The first-order valence-electron chi connectivity index (χ1n) is 22.2. The molecular weight excluding hydrogens is 751 g/mol. The monoisotopic (exact) mass is 795 g/mol. The summed E-state index contributed by atoms with van der Waals surface area (Å²) >= 11 is 0. The van der Waals surface area contributed by atoms with Gasteiger partial charge in [-0.15, -0.1) is 15.3 Å². The van der Waals surface area contributed by atoms with E-state index >= 15 is 0 Å². The Balaban J connectivity index is 0.763. The number of benzene rings is 8. The lowest BCUT2D eigenvalue weighted by molar-refractivity contribution is 0.308. The number of nitrogens with zero attached hydrogens (tertiary/aromatic N) is 9. The molecule has 0 atom stereocenters. The number of aromatic nitrogens is 9. The lowest BCUT2D eigenvalue weighted by Crippen LogP contribution is -2.34. The molecule has 0 unspecified atom stereocenters. The van der Waals surface area contributed by atoms with Crippen LogP contribution in [-0.2, 0) is 36.9 Å². The second-order valence-electron chi connectivity index (χ2n) is 18.0. The molecule has 9 nitrogen and oxygen atoms in total. The summed E-state index contributed by atoms with van der Waals surface area (Å²) in [6, 6.07) is 40.5. The second kappa shape index (κ2) is 13.4. The summed E-state index contributed by atoms with van der Waals surface area (Å²) in [5.41, 5.74) is 4.91. The van der Waals surface area contributed by atoms with Gasteiger partial charge in [-0.3, -0.25) is 4.68 Å². The smallest absolute Gasteiger partial charge is 0.110 e. The summed E-state index contributed by atoms with van der Waals surface area (Å²) < 4.78 is 6.27. The van der Waals surface area contributed by atoms with Crippen LogP contribution < -0.4 is 0 Å². The van der Waals surface area contributed by atoms with Crippen molar-refractivity contribution in [3.63, 3.8) is 0 Å². The quantitative estimate of drug-likeness (QED) is 0.128. The minimum atomic E-state index is -0.371. The van der Waals surface area contributed by atoms with E-state index in [9.17, 15) is 0 Å². The normalized spacial score (nSPS) is 16.5. The number of hydrogen-bond donors (Lipinski definition) is 0. The molecule has 2 saturated carbocycles. The molecule has 9 heteroatoms. The Morgan fingerprint density at radius 2 is 0.869 bits per heavy atom. The molecule has 61 heavy (non-hydrogen) atoms. The van der Waals surface area contributed by atoms with Gasteiger partial charge in [-0.2, -0.15) is 0 Å². The number of rotatable bonds is 10. The Labute approximate surface area is 352 Å². The predicted molar refractivity (Wildman–Crippen MR) is 243 cm³/mol. The molecule has 0 saturated heterocycles. The molecule has 0 aliphatic heterocycles. The summed E-state index contributed by atoms with van der Waals surface area (Å²) in [7, 11) is 0. The lowest BCUT2D eigenvalue weighted by Gasteiger charge is -2.28. The molecule has 11 aromatic rings. The third-order valence-electron chi connectivity index (χ3n) is 14.8. The molecule has 0 spiro atoms. The van der Waals surface area contributed by atoms with Crippen LogP contribution in [0.2, 0.25) is 0 Å². The minimum Gasteiger partial charge on any atom is -0.252 e. The van der Waals surface area contributed by atoms with Crippen molar-refractivity contribution in [2.45, 2.75) is 88.3 Å². The van der Waals surface area contributed by atoms with Gasteiger partial charge in [0.05, 0.1) is 18.1 Å². The highest BCUT2D eigenvalue weighted by Crippen LogP contribution is 2.45. The van der Waals surface area contributed by atoms with E-state index in [-0.39, 0.29) is 11.1 Å². The topological polar surface area (TPSA) is 92.1 Å². The summed E-state index contributed by atoms with van der Waals surface area (Å²) in [5, 5.41) is 44.9. The van der Waals surface area contributed by atoms with Crippen LogP contribution in [0.4, 0.5) is 0 Å². The maximum absolute atomic E-state index is 4.95. The van der Waals surface area contributed by atoms with Gasteiger partial charge in [-0.25, -0.2) is 9.36 Å². The van der Waals surface area contributed by atoms with E-state index in [2.05, 4.69) is 137 Å². The molecule has 0 N–H and O–H groups in total. The largest absolute Gasteiger partial charge is 0.252 e. The summed E-state index contributed by atoms with van der Waals surface area (Å²) in [5.74, 6) is 0. The van der Waals surface area contributed by atoms with Crippen LogP contribution in [0.25, 0.3) is 64.6 Å². The van der Waals surface area contributed by atoms with Crippen LogP contribution in [-0.4, -0.2) is 45.0 Å². The van der Waals surface area contributed by atoms with Crippen LogP contribution in [0.5, 0.6) is 0 Å². The predicted octanol–water partition coefficient (Wildman–Crippen LogP) is 10.9. The van der Waals surface area contributed by atoms with Crippen molar-refractivity contribution < 1.29 is 0 Å². The Kier molecular flexibility index (Phi) is 7.69. The van der Waals surface area contributed by atoms with Crippen molar-refractivity contribution in [3.8, 4) is 0 Å². The second-order valence-corrected chi connectivity index (χ2v) is 18.0. The highest BCUT2D eigenvalue weighted by molar-refractivity contribution is 6.24. The maximum atomic E-state index is 4.95. The molecular formula is C52H45N9. The van der Waals surface area contributed by atoms with Crippen molar-refractivity contribution in [2.75, 3.05) is 0 Å². The first kappa shape index (κ1) is 35.1. The maximum Gasteiger partial charge on any atom is 0.110 e. The summed E-state index contributed by atoms with van der Waals surface area (Å²) in [4.78, 5) is 0. The van der Waals surface area contributed by atoms with Gasteiger partial charge in [0.25, 0.3) is 0 Å². The zero-order chi connectivity index (χ0) is 40.1. The van der Waals surface area contributed by atoms with Gasteiger partial charge in [0.15, 0.2) is 0 Å². The fourth-order valence-electron chi connectivity index (χ4n) is 11.6. The fraction of sp³-hybridized carbons (Fsp3) is 0.269. The van der Waals surface area contributed by atoms with Gasteiger partial charge in [-0.1, -0.05) is 151 Å². The Morgan fingerprint density at radius 3 is 1.46 bits per heavy atom. The minimum absolute atomic E-state index is 0.366. The highest BCUT2D eigenvalue weighted by Gasteiger charge is 2.45. The zero-order valence-corrected chi connectivity index (χ0v) is 34.1. The molecule has 2 fully saturated rings. The van der Waals surface area contributed by atoms with Crippen molar-refractivity contribution >= 4 is 64.6 Å². The van der Waals surface area contributed by atoms with E-state index in [1.54, 1.807) is 0 Å². The fourth-order valence-corrected chi connectivity index (χ4v) is 11.6. The highest BCUT2D eigenvalue weighted by atomic mass is 15.5. The van der Waals surface area contributed by atoms with Gasteiger partial charge in [0.2, 0.25) is 0 Å². The van der Waals surface area contributed by atoms with Crippen molar-refractivity contribution in [2.24, 2.45) is 0 Å². The Hall–Kier alpha value is -6.74. The van der Waals surface area contributed by atoms with E-state index in [1.807, 2.05) is 4.68 Å². The molecule has 0 bridgehead atoms. The van der Waals surface area contributed by atoms with Crippen LogP contribution in [0, 0.1) is 0 Å².